The second kappa shape index (κ2) is 9.79. The second-order valence-electron chi connectivity index (χ2n) is 4.35. The molecule has 0 aliphatic carbocycles. The van der Waals surface area contributed by atoms with Crippen molar-refractivity contribution in [2.24, 2.45) is 22.4 Å². The molecule has 0 aliphatic rings. The first-order valence-electron chi connectivity index (χ1n) is 6.44. The molecule has 0 saturated heterocycles. The van der Waals surface area contributed by atoms with Crippen LogP contribution in [0, 0.1) is 0 Å². The van der Waals surface area contributed by atoms with E-state index in [1.165, 1.54) is 12.3 Å². The van der Waals surface area contributed by atoms with Gasteiger partial charge in [-0.25, -0.2) is 4.79 Å². The number of carbonyl (C=O) groups excluding carboxylic acids is 1. The number of rotatable bonds is 6. The summed E-state index contributed by atoms with van der Waals surface area (Å²) in [5, 5.41) is 10.4. The zero-order valence-corrected chi connectivity index (χ0v) is 12.6. The van der Waals surface area contributed by atoms with E-state index in [-0.39, 0.29) is 24.5 Å². The number of aromatic amines is 1. The first-order valence-corrected chi connectivity index (χ1v) is 6.44. The highest BCUT2D eigenvalue weighted by atomic mass is 19.4. The Kier molecular flexibility index (Phi) is 8.52. The number of halogens is 3. The fourth-order valence-electron chi connectivity index (χ4n) is 1.45. The summed E-state index contributed by atoms with van der Waals surface area (Å²) in [4.78, 5) is 39.0. The van der Waals surface area contributed by atoms with Crippen molar-refractivity contribution in [2.45, 2.75) is 18.5 Å². The second-order valence-corrected chi connectivity index (χ2v) is 4.35. The number of aromatic nitrogens is 1. The number of hydrogen-bond donors (Lipinski definition) is 5. The minimum absolute atomic E-state index is 0.0693. The number of carbonyl (C=O) groups is 2. The number of alkyl halides is 3. The number of carboxylic acids is 1. The molecule has 1 atom stereocenters. The average Bonchev–Trinajstić information content (AvgIpc) is 2.47. The van der Waals surface area contributed by atoms with Gasteiger partial charge in [0.15, 0.2) is 0 Å². The van der Waals surface area contributed by atoms with Gasteiger partial charge in [0.1, 0.15) is 6.61 Å². The van der Waals surface area contributed by atoms with E-state index in [0.717, 1.165) is 0 Å². The van der Waals surface area contributed by atoms with Crippen LogP contribution >= 0.6 is 0 Å². The third kappa shape index (κ3) is 8.83. The quantitative estimate of drug-likeness (QED) is 0.188. The van der Waals surface area contributed by atoms with Gasteiger partial charge in [0.25, 0.3) is 5.56 Å². The van der Waals surface area contributed by atoms with Gasteiger partial charge in [-0.1, -0.05) is 6.07 Å². The number of aliphatic carboxylic acids is 1. The van der Waals surface area contributed by atoms with Gasteiger partial charge in [0.05, 0.1) is 5.92 Å². The highest BCUT2D eigenvalue weighted by molar-refractivity contribution is 5.81. The van der Waals surface area contributed by atoms with Crippen molar-refractivity contribution in [3.63, 3.8) is 0 Å². The van der Waals surface area contributed by atoms with E-state index in [4.69, 9.17) is 31.9 Å². The zero-order valence-electron chi connectivity index (χ0n) is 12.6. The van der Waals surface area contributed by atoms with Crippen LogP contribution in [0.25, 0.3) is 0 Å². The maximum Gasteiger partial charge on any atom is 0.490 e. The van der Waals surface area contributed by atoms with E-state index in [9.17, 15) is 22.8 Å². The van der Waals surface area contributed by atoms with Crippen molar-refractivity contribution < 1.29 is 32.7 Å². The van der Waals surface area contributed by atoms with Crippen LogP contribution in [0.4, 0.5) is 13.2 Å². The molecular weight excluding hydrogens is 351 g/mol. The number of oxime groups is 1. The predicted molar refractivity (Wildman–Crippen MR) is 79.1 cm³/mol. The smallest absolute Gasteiger partial charge is 0.475 e. The van der Waals surface area contributed by atoms with Gasteiger partial charge >= 0.3 is 12.1 Å². The molecule has 1 heterocycles. The molecule has 0 fully saturated rings. The molecule has 0 aromatic carbocycles. The summed E-state index contributed by atoms with van der Waals surface area (Å²) >= 11 is 0. The third-order valence-corrected chi connectivity index (χ3v) is 2.48. The van der Waals surface area contributed by atoms with Crippen LogP contribution in [-0.2, 0) is 14.4 Å². The van der Waals surface area contributed by atoms with Gasteiger partial charge in [-0.15, -0.1) is 0 Å². The molecule has 0 bridgehead atoms. The van der Waals surface area contributed by atoms with Gasteiger partial charge in [-0.2, -0.15) is 13.2 Å². The molecule has 0 spiro atoms. The number of nitrogens with zero attached hydrogens (tertiary/aromatic N) is 1. The Labute approximate surface area is 138 Å². The number of carboxylic acid groups (broad SMARTS) is 1. The van der Waals surface area contributed by atoms with E-state index >= 15 is 0 Å². The maximum atomic E-state index is 11.5. The van der Waals surface area contributed by atoms with Crippen LogP contribution < -0.4 is 22.8 Å². The first kappa shape index (κ1) is 21.8. The lowest BCUT2D eigenvalue weighted by Gasteiger charge is -2.11. The van der Waals surface area contributed by atoms with Crippen LogP contribution in [0.1, 0.15) is 17.9 Å². The van der Waals surface area contributed by atoms with Crippen LogP contribution in [0.15, 0.2) is 28.3 Å². The number of primary amides is 1. The van der Waals surface area contributed by atoms with E-state index in [2.05, 4.69) is 10.1 Å². The Morgan fingerprint density at radius 2 is 1.88 bits per heavy atom. The molecule has 0 aliphatic heterocycles. The summed E-state index contributed by atoms with van der Waals surface area (Å²) in [6.45, 7) is 0.0693. The van der Waals surface area contributed by atoms with Gasteiger partial charge in [0, 0.05) is 11.8 Å². The monoisotopic (exact) mass is 367 g/mol. The van der Waals surface area contributed by atoms with Crippen molar-refractivity contribution in [2.75, 3.05) is 6.61 Å². The number of H-pyrrole nitrogens is 1. The maximum absolute atomic E-state index is 11.5. The number of nitrogens with one attached hydrogen (secondary N) is 1. The molecule has 1 aromatic heterocycles. The normalized spacial score (nSPS) is 11.5. The molecule has 0 radical (unpaired) electrons. The number of guanidine groups is 1. The molecule has 25 heavy (non-hydrogen) atoms. The van der Waals surface area contributed by atoms with Crippen LogP contribution in [0.2, 0.25) is 0 Å². The Bertz CT molecular complexity index is 670. The Hall–Kier alpha value is -3.25. The van der Waals surface area contributed by atoms with E-state index in [0.29, 0.717) is 5.56 Å². The van der Waals surface area contributed by atoms with Crippen LogP contribution in [0.5, 0.6) is 0 Å². The lowest BCUT2D eigenvalue weighted by Crippen LogP contribution is -2.28. The molecule has 1 amide bonds. The molecule has 0 saturated carbocycles. The zero-order chi connectivity index (χ0) is 19.6. The molecule has 13 heteroatoms. The van der Waals surface area contributed by atoms with Crippen molar-refractivity contribution in [1.29, 1.82) is 0 Å². The van der Waals surface area contributed by atoms with Crippen LogP contribution in [0.3, 0.4) is 0 Å². The number of hydrogen-bond acceptors (Lipinski definition) is 5. The number of nitrogens with two attached hydrogens (primary N) is 3. The fraction of sp³-hybridized carbons (Fsp3) is 0.333. The van der Waals surface area contributed by atoms with Crippen molar-refractivity contribution in [3.8, 4) is 0 Å². The standard InChI is InChI=1S/C10H15N5O3.C2HF3O2/c11-8(16)6(3-5-18-15-10(12)13)7-2-1-4-14-9(7)17;3-2(4,5)1(6)7/h1-2,4,6H,3,5H2,(H2,11,16)(H,14,17)(H4,12,13,15);(H,6,7). The SMILES string of the molecule is NC(=O)C(CCON=C(N)N)c1ccc[nH]c1=O.O=C(O)C(F)(F)F. The molecule has 140 valence electrons. The largest absolute Gasteiger partial charge is 0.490 e. The Morgan fingerprint density at radius 3 is 2.28 bits per heavy atom. The van der Waals surface area contributed by atoms with Gasteiger partial charge in [-0.05, 0) is 17.6 Å². The minimum atomic E-state index is -5.08. The molecule has 1 aromatic rings. The van der Waals surface area contributed by atoms with Crippen molar-refractivity contribution >= 4 is 17.8 Å². The molecule has 1 unspecified atom stereocenters. The lowest BCUT2D eigenvalue weighted by atomic mass is 9.97. The minimum Gasteiger partial charge on any atom is -0.475 e. The van der Waals surface area contributed by atoms with Crippen molar-refractivity contribution in [3.05, 3.63) is 34.2 Å². The first-order chi connectivity index (χ1) is 11.5. The fourth-order valence-corrected chi connectivity index (χ4v) is 1.45. The molecule has 1 rings (SSSR count). The Morgan fingerprint density at radius 1 is 1.32 bits per heavy atom. The van der Waals surface area contributed by atoms with Gasteiger partial charge in [0.2, 0.25) is 11.9 Å². The van der Waals surface area contributed by atoms with E-state index in [1.807, 2.05) is 0 Å². The van der Waals surface area contributed by atoms with Crippen molar-refractivity contribution in [1.82, 2.24) is 4.98 Å². The third-order valence-electron chi connectivity index (χ3n) is 2.48. The van der Waals surface area contributed by atoms with E-state index in [1.54, 1.807) is 6.07 Å². The topological polar surface area (TPSA) is 187 Å². The summed E-state index contributed by atoms with van der Waals surface area (Å²) in [5.41, 5.74) is 15.3. The summed E-state index contributed by atoms with van der Waals surface area (Å²) in [5.74, 6) is -4.33. The lowest BCUT2D eigenvalue weighted by molar-refractivity contribution is -0.192. The van der Waals surface area contributed by atoms with Crippen LogP contribution in [-0.4, -0.2) is 40.7 Å². The van der Waals surface area contributed by atoms with Gasteiger partial charge in [-0.3, -0.25) is 9.59 Å². The van der Waals surface area contributed by atoms with E-state index < -0.39 is 24.0 Å². The number of amides is 1. The highest BCUT2D eigenvalue weighted by Gasteiger charge is 2.38. The summed E-state index contributed by atoms with van der Waals surface area (Å²) < 4.78 is 31.7. The van der Waals surface area contributed by atoms with Gasteiger partial charge < -0.3 is 32.1 Å². The number of pyridine rings is 1. The summed E-state index contributed by atoms with van der Waals surface area (Å²) in [7, 11) is 0. The summed E-state index contributed by atoms with van der Waals surface area (Å²) in [6.07, 6.45) is -3.40. The highest BCUT2D eigenvalue weighted by Crippen LogP contribution is 2.15. The summed E-state index contributed by atoms with van der Waals surface area (Å²) in [6, 6.07) is 3.15. The Balaban J connectivity index is 0.000000697. The predicted octanol–water partition coefficient (Wildman–Crippen LogP) is -0.828. The molecular formula is C12H16F3N5O5. The molecule has 8 N–H and O–H groups in total. The molecule has 10 nitrogen and oxygen atoms in total. The average molecular weight is 367 g/mol.